The summed E-state index contributed by atoms with van der Waals surface area (Å²) in [5.41, 5.74) is 0.982. The number of urea groups is 1. The number of carboxylic acid groups (broad SMARTS) is 1. The summed E-state index contributed by atoms with van der Waals surface area (Å²) in [4.78, 5) is 25.4. The van der Waals surface area contributed by atoms with Crippen molar-refractivity contribution < 1.29 is 14.7 Å². The summed E-state index contributed by atoms with van der Waals surface area (Å²) in [7, 11) is 0. The van der Waals surface area contributed by atoms with Gasteiger partial charge in [-0.25, -0.2) is 9.78 Å². The molecule has 0 unspecified atom stereocenters. The minimum atomic E-state index is -0.950. The Morgan fingerprint density at radius 3 is 2.88 bits per heavy atom. The largest absolute Gasteiger partial charge is 0.481 e. The van der Waals surface area contributed by atoms with E-state index in [1.165, 1.54) is 0 Å². The van der Waals surface area contributed by atoms with E-state index in [0.29, 0.717) is 5.82 Å². The van der Waals surface area contributed by atoms with Crippen LogP contribution in [0.25, 0.3) is 0 Å². The molecule has 0 bridgehead atoms. The number of carbonyl (C=O) groups is 2. The maximum absolute atomic E-state index is 11.3. The number of pyridine rings is 1. The first kappa shape index (κ1) is 12.0. The quantitative estimate of drug-likeness (QED) is 0.709. The first-order valence-corrected chi connectivity index (χ1v) is 4.77. The van der Waals surface area contributed by atoms with Crippen LogP contribution >= 0.6 is 0 Å². The van der Waals surface area contributed by atoms with Crippen LogP contribution in [0.3, 0.4) is 0 Å². The lowest BCUT2D eigenvalue weighted by molar-refractivity contribution is -0.136. The number of carbonyl (C=O) groups excluding carboxylic acids is 1. The summed E-state index contributed by atoms with van der Waals surface area (Å²) in [6, 6.07) is 3.07. The van der Waals surface area contributed by atoms with Crippen LogP contribution in [0.1, 0.15) is 12.0 Å². The Balaban J connectivity index is 2.37. The molecule has 0 aliphatic heterocycles. The van der Waals surface area contributed by atoms with Crippen LogP contribution in [0.15, 0.2) is 18.3 Å². The van der Waals surface area contributed by atoms with E-state index in [0.717, 1.165) is 5.56 Å². The fraction of sp³-hybridized carbons (Fsp3) is 0.300. The van der Waals surface area contributed by atoms with E-state index in [-0.39, 0.29) is 13.0 Å². The fourth-order valence-electron chi connectivity index (χ4n) is 1.05. The van der Waals surface area contributed by atoms with Crippen molar-refractivity contribution in [2.24, 2.45) is 0 Å². The first-order chi connectivity index (χ1) is 7.58. The molecule has 0 aliphatic rings. The molecule has 16 heavy (non-hydrogen) atoms. The van der Waals surface area contributed by atoms with E-state index >= 15 is 0 Å². The van der Waals surface area contributed by atoms with Gasteiger partial charge < -0.3 is 10.4 Å². The summed E-state index contributed by atoms with van der Waals surface area (Å²) in [6.45, 7) is 1.97. The smallest absolute Gasteiger partial charge is 0.320 e. The Hall–Kier alpha value is -2.11. The predicted octanol–water partition coefficient (Wildman–Crippen LogP) is 0.986. The number of hydrogen-bond acceptors (Lipinski definition) is 3. The Bertz CT molecular complexity index is 393. The Morgan fingerprint density at radius 2 is 2.25 bits per heavy atom. The van der Waals surface area contributed by atoms with Crippen molar-refractivity contribution in [3.05, 3.63) is 23.9 Å². The molecule has 6 nitrogen and oxygen atoms in total. The summed E-state index contributed by atoms with van der Waals surface area (Å²) >= 11 is 0. The number of carboxylic acids is 1. The number of nitrogens with zero attached hydrogens (tertiary/aromatic N) is 1. The molecule has 0 aliphatic carbocycles. The molecule has 0 saturated heterocycles. The molecule has 6 heteroatoms. The molecule has 0 fully saturated rings. The zero-order chi connectivity index (χ0) is 12.0. The van der Waals surface area contributed by atoms with E-state index in [1.54, 1.807) is 12.3 Å². The molecule has 1 aromatic rings. The Kier molecular flexibility index (Phi) is 4.26. The molecular weight excluding hydrogens is 210 g/mol. The summed E-state index contributed by atoms with van der Waals surface area (Å²) < 4.78 is 0. The van der Waals surface area contributed by atoms with Crippen molar-refractivity contribution in [3.8, 4) is 0 Å². The molecule has 2 amide bonds. The second-order valence-electron chi connectivity index (χ2n) is 3.24. The van der Waals surface area contributed by atoms with Crippen LogP contribution in [-0.2, 0) is 4.79 Å². The standard InChI is InChI=1S/C10H13N3O3/c1-7-2-4-11-8(6-7)13-10(16)12-5-3-9(14)15/h2,4,6H,3,5H2,1H3,(H,14,15)(H2,11,12,13,16). The SMILES string of the molecule is Cc1ccnc(NC(=O)NCCC(=O)O)c1. The Labute approximate surface area is 92.7 Å². The van der Waals surface area contributed by atoms with Gasteiger partial charge in [-0.15, -0.1) is 0 Å². The lowest BCUT2D eigenvalue weighted by atomic mass is 10.3. The highest BCUT2D eigenvalue weighted by Gasteiger charge is 2.03. The van der Waals surface area contributed by atoms with Crippen molar-refractivity contribution in [3.63, 3.8) is 0 Å². The van der Waals surface area contributed by atoms with Gasteiger partial charge in [0.25, 0.3) is 0 Å². The topological polar surface area (TPSA) is 91.3 Å². The number of aliphatic carboxylic acids is 1. The number of hydrogen-bond donors (Lipinski definition) is 3. The third kappa shape index (κ3) is 4.41. The van der Waals surface area contributed by atoms with Crippen molar-refractivity contribution >= 4 is 17.8 Å². The van der Waals surface area contributed by atoms with Crippen molar-refractivity contribution in [2.75, 3.05) is 11.9 Å². The van der Waals surface area contributed by atoms with Gasteiger partial charge in [-0.3, -0.25) is 10.1 Å². The summed E-state index contributed by atoms with van der Waals surface area (Å²) in [5.74, 6) is -0.512. The highest BCUT2D eigenvalue weighted by atomic mass is 16.4. The van der Waals surface area contributed by atoms with Gasteiger partial charge in [0, 0.05) is 12.7 Å². The van der Waals surface area contributed by atoms with Gasteiger partial charge in [0.05, 0.1) is 6.42 Å². The zero-order valence-electron chi connectivity index (χ0n) is 8.86. The number of aromatic nitrogens is 1. The van der Waals surface area contributed by atoms with E-state index in [9.17, 15) is 9.59 Å². The third-order valence-electron chi connectivity index (χ3n) is 1.78. The zero-order valence-corrected chi connectivity index (χ0v) is 8.86. The molecular formula is C10H13N3O3. The van der Waals surface area contributed by atoms with Crippen LogP contribution in [0.2, 0.25) is 0 Å². The van der Waals surface area contributed by atoms with Crippen LogP contribution < -0.4 is 10.6 Å². The fourth-order valence-corrected chi connectivity index (χ4v) is 1.05. The van der Waals surface area contributed by atoms with Gasteiger partial charge in [0.15, 0.2) is 0 Å². The van der Waals surface area contributed by atoms with Gasteiger partial charge in [-0.2, -0.15) is 0 Å². The van der Waals surface area contributed by atoms with Crippen LogP contribution in [0, 0.1) is 6.92 Å². The number of amides is 2. The maximum atomic E-state index is 11.3. The minimum absolute atomic E-state index is 0.0903. The van der Waals surface area contributed by atoms with E-state index in [2.05, 4.69) is 15.6 Å². The third-order valence-corrected chi connectivity index (χ3v) is 1.78. The molecule has 3 N–H and O–H groups in total. The first-order valence-electron chi connectivity index (χ1n) is 4.77. The lowest BCUT2D eigenvalue weighted by Crippen LogP contribution is -2.30. The average molecular weight is 223 g/mol. The monoisotopic (exact) mass is 223 g/mol. The summed E-state index contributed by atoms with van der Waals surface area (Å²) in [5, 5.41) is 13.3. The minimum Gasteiger partial charge on any atom is -0.481 e. The van der Waals surface area contributed by atoms with Crippen LogP contribution in [0.5, 0.6) is 0 Å². The highest BCUT2D eigenvalue weighted by molar-refractivity contribution is 5.88. The van der Waals surface area contributed by atoms with Gasteiger partial charge in [-0.05, 0) is 24.6 Å². The highest BCUT2D eigenvalue weighted by Crippen LogP contribution is 2.04. The van der Waals surface area contributed by atoms with Crippen molar-refractivity contribution in [2.45, 2.75) is 13.3 Å². The molecule has 1 rings (SSSR count). The second-order valence-corrected chi connectivity index (χ2v) is 3.24. The van der Waals surface area contributed by atoms with Gasteiger partial charge in [0.1, 0.15) is 5.82 Å². The summed E-state index contributed by atoms with van der Waals surface area (Å²) in [6.07, 6.45) is 1.48. The molecule has 1 aromatic heterocycles. The molecule has 0 aromatic carbocycles. The van der Waals surface area contributed by atoms with Gasteiger partial charge in [-0.1, -0.05) is 0 Å². The van der Waals surface area contributed by atoms with Crippen molar-refractivity contribution in [1.82, 2.24) is 10.3 Å². The van der Waals surface area contributed by atoms with Crippen molar-refractivity contribution in [1.29, 1.82) is 0 Å². The van der Waals surface area contributed by atoms with E-state index < -0.39 is 12.0 Å². The maximum Gasteiger partial charge on any atom is 0.320 e. The Morgan fingerprint density at radius 1 is 1.50 bits per heavy atom. The number of rotatable bonds is 4. The molecule has 86 valence electrons. The van der Waals surface area contributed by atoms with Gasteiger partial charge >= 0.3 is 12.0 Å². The number of aryl methyl sites for hydroxylation is 1. The van der Waals surface area contributed by atoms with E-state index in [4.69, 9.17) is 5.11 Å². The second kappa shape index (κ2) is 5.69. The molecule has 0 spiro atoms. The average Bonchev–Trinajstić information content (AvgIpc) is 2.16. The molecule has 0 atom stereocenters. The van der Waals surface area contributed by atoms with E-state index in [1.807, 2.05) is 13.0 Å². The normalized spacial score (nSPS) is 9.56. The number of anilines is 1. The van der Waals surface area contributed by atoms with Crippen LogP contribution in [0.4, 0.5) is 10.6 Å². The number of nitrogens with one attached hydrogen (secondary N) is 2. The van der Waals surface area contributed by atoms with Crippen LogP contribution in [-0.4, -0.2) is 28.6 Å². The molecule has 0 saturated carbocycles. The molecule has 1 heterocycles. The molecule has 0 radical (unpaired) electrons. The van der Waals surface area contributed by atoms with Gasteiger partial charge in [0.2, 0.25) is 0 Å². The predicted molar refractivity (Wildman–Crippen MR) is 58.2 cm³/mol. The lowest BCUT2D eigenvalue weighted by Gasteiger charge is -2.05.